The normalized spacial score (nSPS) is 22.0. The largest absolute Gasteiger partial charge is 0.420 e. The van der Waals surface area contributed by atoms with Gasteiger partial charge in [0.15, 0.2) is 22.5 Å². The van der Waals surface area contributed by atoms with Gasteiger partial charge in [-0.25, -0.2) is 9.97 Å². The number of rotatable bonds is 4. The average Bonchev–Trinajstić information content (AvgIpc) is 3.15. The number of nitrogens with zero attached hydrogens (tertiary/aromatic N) is 6. The topological polar surface area (TPSA) is 109 Å². The van der Waals surface area contributed by atoms with Crippen LogP contribution in [-0.4, -0.2) is 69.9 Å². The predicted octanol–water partition coefficient (Wildman–Crippen LogP) is 1.72. The summed E-state index contributed by atoms with van der Waals surface area (Å²) in [5.74, 6) is 1.55. The highest BCUT2D eigenvalue weighted by Crippen LogP contribution is 2.31. The Kier molecular flexibility index (Phi) is 5.65. The van der Waals surface area contributed by atoms with Gasteiger partial charge in [0, 0.05) is 38.6 Å². The smallest absolute Gasteiger partial charge is 0.270 e. The third kappa shape index (κ3) is 3.78. The van der Waals surface area contributed by atoms with Gasteiger partial charge in [-0.15, -0.1) is 10.2 Å². The monoisotopic (exact) mass is 406 g/mol. The highest BCUT2D eigenvalue weighted by atomic mass is 35.5. The molecule has 2 aromatic rings. The third-order valence-electron chi connectivity index (χ3n) is 5.67. The van der Waals surface area contributed by atoms with Crippen LogP contribution in [0.4, 0.5) is 11.6 Å². The van der Waals surface area contributed by atoms with Crippen molar-refractivity contribution in [1.29, 1.82) is 0 Å². The zero-order chi connectivity index (χ0) is 19.7. The molecule has 9 nitrogen and oxygen atoms in total. The van der Waals surface area contributed by atoms with Crippen molar-refractivity contribution < 1.29 is 4.42 Å². The Morgan fingerprint density at radius 3 is 2.68 bits per heavy atom. The first-order valence-electron chi connectivity index (χ1n) is 9.91. The molecule has 2 saturated heterocycles. The lowest BCUT2D eigenvalue weighted by atomic mass is 9.99. The summed E-state index contributed by atoms with van der Waals surface area (Å²) in [6.45, 7) is 8.87. The van der Waals surface area contributed by atoms with Crippen LogP contribution in [-0.2, 0) is 0 Å². The molecule has 0 spiro atoms. The fraction of sp³-hybridized carbons (Fsp3) is 0.667. The number of nitrogens with one attached hydrogen (secondary N) is 1. The minimum absolute atomic E-state index is 0.234. The summed E-state index contributed by atoms with van der Waals surface area (Å²) < 4.78 is 5.42. The Morgan fingerprint density at radius 2 is 2.00 bits per heavy atom. The first kappa shape index (κ1) is 19.4. The molecule has 0 radical (unpaired) electrons. The number of aryl methyl sites for hydroxylation is 1. The molecule has 0 aromatic carbocycles. The quantitative estimate of drug-likeness (QED) is 0.784. The van der Waals surface area contributed by atoms with Crippen LogP contribution in [0.3, 0.4) is 0 Å². The number of nitrogen functional groups attached to an aromatic ring is 1. The highest BCUT2D eigenvalue weighted by Gasteiger charge is 2.33. The molecule has 2 fully saturated rings. The molecule has 0 amide bonds. The minimum atomic E-state index is 0.234. The van der Waals surface area contributed by atoms with Crippen LogP contribution in [0.1, 0.15) is 32.1 Å². The molecule has 152 valence electrons. The van der Waals surface area contributed by atoms with E-state index in [1.807, 2.05) is 0 Å². The lowest BCUT2D eigenvalue weighted by Gasteiger charge is -2.46. The van der Waals surface area contributed by atoms with E-state index in [4.69, 9.17) is 21.8 Å². The van der Waals surface area contributed by atoms with Gasteiger partial charge in [-0.05, 0) is 32.4 Å². The van der Waals surface area contributed by atoms with Gasteiger partial charge < -0.3 is 20.4 Å². The maximum atomic E-state index is 6.48. The fourth-order valence-corrected chi connectivity index (χ4v) is 4.46. The third-order valence-corrected chi connectivity index (χ3v) is 5.92. The van der Waals surface area contributed by atoms with Crippen LogP contribution in [0.15, 0.2) is 4.42 Å². The summed E-state index contributed by atoms with van der Waals surface area (Å²) in [7, 11) is 0. The fourth-order valence-electron chi connectivity index (χ4n) is 4.21. The lowest BCUT2D eigenvalue weighted by Crippen LogP contribution is -2.58. The maximum Gasteiger partial charge on any atom is 0.270 e. The summed E-state index contributed by atoms with van der Waals surface area (Å²) in [4.78, 5) is 13.8. The van der Waals surface area contributed by atoms with Crippen molar-refractivity contribution in [2.75, 3.05) is 43.4 Å². The van der Waals surface area contributed by atoms with Gasteiger partial charge >= 0.3 is 0 Å². The molecule has 0 aliphatic carbocycles. The van der Waals surface area contributed by atoms with E-state index in [9.17, 15) is 0 Å². The first-order valence-corrected chi connectivity index (χ1v) is 10.3. The van der Waals surface area contributed by atoms with Crippen LogP contribution in [0, 0.1) is 6.92 Å². The van der Waals surface area contributed by atoms with E-state index in [1.54, 1.807) is 6.92 Å². The molecule has 2 aliphatic rings. The number of aromatic nitrogens is 4. The van der Waals surface area contributed by atoms with Gasteiger partial charge in [-0.2, -0.15) is 0 Å². The summed E-state index contributed by atoms with van der Waals surface area (Å²) in [5, 5.41) is 11.5. The average molecular weight is 407 g/mol. The van der Waals surface area contributed by atoms with E-state index in [1.165, 1.54) is 12.8 Å². The molecule has 4 heterocycles. The van der Waals surface area contributed by atoms with Crippen molar-refractivity contribution in [3.63, 3.8) is 0 Å². The molecule has 1 atom stereocenters. The first-order chi connectivity index (χ1) is 13.6. The zero-order valence-corrected chi connectivity index (χ0v) is 17.1. The number of anilines is 2. The number of hydrogen-bond donors (Lipinski definition) is 2. The SMILES string of the molecule is CCC1CN(c2nc(N)c(-c3nnc(C)o3)nc2Cl)CCN1C1CCNCC1. The number of piperidine rings is 1. The molecule has 2 aliphatic heterocycles. The number of hydrogen-bond acceptors (Lipinski definition) is 9. The van der Waals surface area contributed by atoms with Crippen LogP contribution in [0.25, 0.3) is 11.6 Å². The van der Waals surface area contributed by atoms with E-state index >= 15 is 0 Å². The van der Waals surface area contributed by atoms with Crippen molar-refractivity contribution in [2.24, 2.45) is 0 Å². The van der Waals surface area contributed by atoms with Gasteiger partial charge in [0.05, 0.1) is 0 Å². The van der Waals surface area contributed by atoms with E-state index in [0.717, 1.165) is 39.1 Å². The molecular formula is C18H27ClN8O. The zero-order valence-electron chi connectivity index (χ0n) is 16.4. The van der Waals surface area contributed by atoms with Gasteiger partial charge in [0.1, 0.15) is 0 Å². The molecule has 1 unspecified atom stereocenters. The molecule has 28 heavy (non-hydrogen) atoms. The van der Waals surface area contributed by atoms with Crippen LogP contribution < -0.4 is 16.0 Å². The van der Waals surface area contributed by atoms with Crippen molar-refractivity contribution in [1.82, 2.24) is 30.4 Å². The van der Waals surface area contributed by atoms with Crippen LogP contribution >= 0.6 is 11.6 Å². The summed E-state index contributed by atoms with van der Waals surface area (Å²) >= 11 is 6.48. The number of nitrogens with two attached hydrogens (primary N) is 1. The van der Waals surface area contributed by atoms with Crippen molar-refractivity contribution in [2.45, 2.75) is 45.2 Å². The van der Waals surface area contributed by atoms with E-state index in [2.05, 4.69) is 42.2 Å². The molecule has 0 saturated carbocycles. The van der Waals surface area contributed by atoms with Crippen LogP contribution in [0.2, 0.25) is 5.15 Å². The van der Waals surface area contributed by atoms with Crippen LogP contribution in [0.5, 0.6) is 0 Å². The Labute approximate surface area is 169 Å². The molecule has 4 rings (SSSR count). The standard InChI is InChI=1S/C18H27ClN8O/c1-3-12-10-26(8-9-27(12)13-4-6-21-7-5-13)17-15(19)22-14(16(20)23-17)18-25-24-11(2)28-18/h12-13,21H,3-10H2,1-2H3,(H2,20,23). The highest BCUT2D eigenvalue weighted by molar-refractivity contribution is 6.32. The van der Waals surface area contributed by atoms with E-state index in [-0.39, 0.29) is 11.7 Å². The number of piperazine rings is 1. The number of halogens is 1. The Balaban J connectivity index is 1.53. The summed E-state index contributed by atoms with van der Waals surface area (Å²) in [5.41, 5.74) is 6.47. The van der Waals surface area contributed by atoms with E-state index < -0.39 is 0 Å². The summed E-state index contributed by atoms with van der Waals surface area (Å²) in [6.07, 6.45) is 3.50. The molecule has 10 heteroatoms. The summed E-state index contributed by atoms with van der Waals surface area (Å²) in [6, 6.07) is 1.12. The minimum Gasteiger partial charge on any atom is -0.420 e. The maximum absolute atomic E-state index is 6.48. The van der Waals surface area contributed by atoms with Crippen molar-refractivity contribution in [3.05, 3.63) is 11.0 Å². The Hall–Kier alpha value is -1.97. The van der Waals surface area contributed by atoms with Gasteiger partial charge in [0.2, 0.25) is 5.89 Å². The second-order valence-electron chi connectivity index (χ2n) is 7.43. The predicted molar refractivity (Wildman–Crippen MR) is 108 cm³/mol. The molecule has 2 aromatic heterocycles. The second kappa shape index (κ2) is 8.18. The van der Waals surface area contributed by atoms with Crippen molar-refractivity contribution >= 4 is 23.2 Å². The molecular weight excluding hydrogens is 380 g/mol. The van der Waals surface area contributed by atoms with Gasteiger partial charge in [0.25, 0.3) is 5.89 Å². The molecule has 0 bridgehead atoms. The van der Waals surface area contributed by atoms with Gasteiger partial charge in [-0.1, -0.05) is 18.5 Å². The van der Waals surface area contributed by atoms with E-state index in [0.29, 0.717) is 34.6 Å². The lowest BCUT2D eigenvalue weighted by molar-refractivity contribution is 0.0936. The van der Waals surface area contributed by atoms with Gasteiger partial charge in [-0.3, -0.25) is 4.90 Å². The molecule has 3 N–H and O–H groups in total. The Morgan fingerprint density at radius 1 is 1.21 bits per heavy atom. The Bertz CT molecular complexity index is 822. The van der Waals surface area contributed by atoms with Crippen molar-refractivity contribution in [3.8, 4) is 11.6 Å². The second-order valence-corrected chi connectivity index (χ2v) is 7.78.